The van der Waals surface area contributed by atoms with Crippen molar-refractivity contribution in [3.63, 3.8) is 0 Å². The van der Waals surface area contributed by atoms with Crippen LogP contribution in [0.1, 0.15) is 16.7 Å². The van der Waals surface area contributed by atoms with Crippen molar-refractivity contribution in [1.82, 2.24) is 0 Å². The van der Waals surface area contributed by atoms with Crippen LogP contribution in [0.25, 0.3) is 0 Å². The lowest BCUT2D eigenvalue weighted by atomic mass is 10.1. The molecule has 0 unspecified atom stereocenters. The maximum atomic E-state index is 6.24. The summed E-state index contributed by atoms with van der Waals surface area (Å²) in [6.45, 7) is 8.83. The molecule has 2 nitrogen and oxygen atoms in total. The van der Waals surface area contributed by atoms with Crippen LogP contribution in [-0.4, -0.2) is 6.61 Å². The highest BCUT2D eigenvalue weighted by Crippen LogP contribution is 2.34. The first-order valence-corrected chi connectivity index (χ1v) is 7.80. The van der Waals surface area contributed by atoms with E-state index >= 15 is 0 Å². The Balaban J connectivity index is 2.13. The molecule has 2 rings (SSSR count). The van der Waals surface area contributed by atoms with Gasteiger partial charge in [-0.15, -0.1) is 0 Å². The van der Waals surface area contributed by atoms with Gasteiger partial charge in [0.1, 0.15) is 6.61 Å². The lowest BCUT2D eigenvalue weighted by Crippen LogP contribution is -2.03. The maximum absolute atomic E-state index is 6.24. The van der Waals surface area contributed by atoms with Gasteiger partial charge in [0.15, 0.2) is 5.75 Å². The van der Waals surface area contributed by atoms with Crippen LogP contribution in [-0.2, 0) is 6.54 Å². The summed E-state index contributed by atoms with van der Waals surface area (Å²) in [6, 6.07) is 9.93. The number of benzene rings is 2. The molecule has 2 aromatic rings. The molecule has 1 N–H and O–H groups in total. The number of nitrogens with one attached hydrogen (secondary N) is 1. The van der Waals surface area contributed by atoms with Crippen molar-refractivity contribution in [2.24, 2.45) is 0 Å². The Bertz CT molecular complexity index is 660. The highest BCUT2D eigenvalue weighted by molar-refractivity contribution is 6.37. The second kappa shape index (κ2) is 7.57. The van der Waals surface area contributed by atoms with E-state index in [9.17, 15) is 0 Å². The fourth-order valence-electron chi connectivity index (χ4n) is 2.13. The molecule has 0 amide bonds. The summed E-state index contributed by atoms with van der Waals surface area (Å²) >= 11 is 12.5. The van der Waals surface area contributed by atoms with Crippen LogP contribution in [0.15, 0.2) is 43.0 Å². The Labute approximate surface area is 141 Å². The molecular formula is C18H19Cl2NO. The van der Waals surface area contributed by atoms with Gasteiger partial charge in [-0.3, -0.25) is 0 Å². The quantitative estimate of drug-likeness (QED) is 0.675. The van der Waals surface area contributed by atoms with Gasteiger partial charge in [0, 0.05) is 12.2 Å². The first-order valence-electron chi connectivity index (χ1n) is 7.04. The van der Waals surface area contributed by atoms with E-state index in [0.717, 1.165) is 11.3 Å². The van der Waals surface area contributed by atoms with Crippen LogP contribution in [0, 0.1) is 13.8 Å². The van der Waals surface area contributed by atoms with Crippen LogP contribution in [0.5, 0.6) is 5.75 Å². The standard InChI is InChI=1S/C18H19Cl2NO/c1-4-8-22-18-15(19)9-14(10-16(18)20)11-21-17-7-5-6-12(2)13(17)3/h4-7,9-10,21H,1,8,11H2,2-3H3. The van der Waals surface area contributed by atoms with Crippen molar-refractivity contribution in [2.75, 3.05) is 11.9 Å². The number of anilines is 1. The minimum atomic E-state index is 0.375. The summed E-state index contributed by atoms with van der Waals surface area (Å²) in [6.07, 6.45) is 1.66. The molecule has 116 valence electrons. The van der Waals surface area contributed by atoms with Crippen LogP contribution in [0.3, 0.4) is 0 Å². The van der Waals surface area contributed by atoms with Crippen LogP contribution in [0.2, 0.25) is 10.0 Å². The molecule has 0 atom stereocenters. The van der Waals surface area contributed by atoms with Crippen molar-refractivity contribution in [2.45, 2.75) is 20.4 Å². The molecule has 0 fully saturated rings. The summed E-state index contributed by atoms with van der Waals surface area (Å²) in [4.78, 5) is 0. The van der Waals surface area contributed by atoms with Crippen molar-refractivity contribution in [3.8, 4) is 5.75 Å². The van der Waals surface area contributed by atoms with Gasteiger partial charge in [0.2, 0.25) is 0 Å². The van der Waals surface area contributed by atoms with Gasteiger partial charge in [-0.05, 0) is 48.7 Å². The van der Waals surface area contributed by atoms with E-state index < -0.39 is 0 Å². The first-order chi connectivity index (χ1) is 10.5. The van der Waals surface area contributed by atoms with Crippen molar-refractivity contribution >= 4 is 28.9 Å². The number of ether oxygens (including phenoxy) is 1. The Morgan fingerprint density at radius 3 is 2.50 bits per heavy atom. The van der Waals surface area contributed by atoms with Crippen LogP contribution < -0.4 is 10.1 Å². The van der Waals surface area contributed by atoms with E-state index in [1.54, 1.807) is 6.08 Å². The average molecular weight is 336 g/mol. The van der Waals surface area contributed by atoms with Crippen molar-refractivity contribution in [1.29, 1.82) is 0 Å². The summed E-state index contributed by atoms with van der Waals surface area (Å²) in [5, 5.41) is 4.43. The van der Waals surface area contributed by atoms with E-state index in [1.165, 1.54) is 11.1 Å². The van der Waals surface area contributed by atoms with E-state index in [-0.39, 0.29) is 0 Å². The fraction of sp³-hybridized carbons (Fsp3) is 0.222. The first kappa shape index (κ1) is 16.7. The van der Waals surface area contributed by atoms with E-state index in [1.807, 2.05) is 18.2 Å². The number of aryl methyl sites for hydroxylation is 1. The Hall–Kier alpha value is -1.64. The highest BCUT2D eigenvalue weighted by atomic mass is 35.5. The second-order valence-corrected chi connectivity index (χ2v) is 5.90. The number of hydrogen-bond acceptors (Lipinski definition) is 2. The van der Waals surface area contributed by atoms with Gasteiger partial charge in [-0.25, -0.2) is 0 Å². The number of rotatable bonds is 6. The van der Waals surface area contributed by atoms with Gasteiger partial charge >= 0.3 is 0 Å². The molecule has 0 aliphatic heterocycles. The second-order valence-electron chi connectivity index (χ2n) is 5.09. The topological polar surface area (TPSA) is 21.3 Å². The third-order valence-electron chi connectivity index (χ3n) is 3.49. The normalized spacial score (nSPS) is 10.4. The molecule has 0 aromatic heterocycles. The summed E-state index contributed by atoms with van der Waals surface area (Å²) < 4.78 is 5.47. The van der Waals surface area contributed by atoms with Gasteiger partial charge in [-0.1, -0.05) is 48.0 Å². The lowest BCUT2D eigenvalue weighted by molar-refractivity contribution is 0.363. The van der Waals surface area contributed by atoms with Crippen molar-refractivity contribution in [3.05, 3.63) is 69.7 Å². The molecule has 0 bridgehead atoms. The molecule has 2 aromatic carbocycles. The molecule has 0 saturated heterocycles. The average Bonchev–Trinajstić information content (AvgIpc) is 2.48. The molecule has 0 saturated carbocycles. The number of hydrogen-bond donors (Lipinski definition) is 1. The fourth-order valence-corrected chi connectivity index (χ4v) is 2.78. The van der Waals surface area contributed by atoms with Gasteiger partial charge < -0.3 is 10.1 Å². The molecule has 22 heavy (non-hydrogen) atoms. The minimum Gasteiger partial charge on any atom is -0.486 e. The molecule has 0 aliphatic carbocycles. The maximum Gasteiger partial charge on any atom is 0.156 e. The van der Waals surface area contributed by atoms with E-state index in [2.05, 4.69) is 37.9 Å². The summed E-state index contributed by atoms with van der Waals surface area (Å²) in [7, 11) is 0. The van der Waals surface area contributed by atoms with Crippen LogP contribution >= 0.6 is 23.2 Å². The van der Waals surface area contributed by atoms with Gasteiger partial charge in [0.05, 0.1) is 10.0 Å². The molecule has 0 heterocycles. The predicted molar refractivity (Wildman–Crippen MR) is 95.4 cm³/mol. The highest BCUT2D eigenvalue weighted by Gasteiger charge is 2.10. The third kappa shape index (κ3) is 3.96. The van der Waals surface area contributed by atoms with Crippen molar-refractivity contribution < 1.29 is 4.74 Å². The monoisotopic (exact) mass is 335 g/mol. The SMILES string of the molecule is C=CCOc1c(Cl)cc(CNc2cccc(C)c2C)cc1Cl. The third-order valence-corrected chi connectivity index (χ3v) is 4.05. The molecule has 0 radical (unpaired) electrons. The Morgan fingerprint density at radius 1 is 1.18 bits per heavy atom. The molecule has 0 aliphatic rings. The van der Waals surface area contributed by atoms with E-state index in [4.69, 9.17) is 27.9 Å². The largest absolute Gasteiger partial charge is 0.486 e. The molecular weight excluding hydrogens is 317 g/mol. The zero-order valence-electron chi connectivity index (χ0n) is 12.7. The Morgan fingerprint density at radius 2 is 1.86 bits per heavy atom. The number of halogens is 2. The van der Waals surface area contributed by atoms with Crippen LogP contribution in [0.4, 0.5) is 5.69 Å². The zero-order chi connectivity index (χ0) is 16.1. The summed E-state index contributed by atoms with van der Waals surface area (Å²) in [5.41, 5.74) is 4.61. The minimum absolute atomic E-state index is 0.375. The van der Waals surface area contributed by atoms with Gasteiger partial charge in [0.25, 0.3) is 0 Å². The smallest absolute Gasteiger partial charge is 0.156 e. The molecule has 4 heteroatoms. The lowest BCUT2D eigenvalue weighted by Gasteiger charge is -2.14. The van der Waals surface area contributed by atoms with Gasteiger partial charge in [-0.2, -0.15) is 0 Å². The molecule has 0 spiro atoms. The summed E-state index contributed by atoms with van der Waals surface area (Å²) in [5.74, 6) is 0.499. The zero-order valence-corrected chi connectivity index (χ0v) is 14.3. The predicted octanol–water partition coefficient (Wildman–Crippen LogP) is 5.79. The van der Waals surface area contributed by atoms with E-state index in [0.29, 0.717) is 28.9 Å². The Kier molecular flexibility index (Phi) is 5.76.